The Morgan fingerprint density at radius 3 is 2.35 bits per heavy atom. The maximum absolute atomic E-state index is 12.1. The van der Waals surface area contributed by atoms with Gasteiger partial charge in [0.15, 0.2) is 0 Å². The Morgan fingerprint density at radius 1 is 1.10 bits per heavy atom. The van der Waals surface area contributed by atoms with Crippen LogP contribution in [0.2, 0.25) is 0 Å². The predicted octanol–water partition coefficient (Wildman–Crippen LogP) is 3.17. The molecule has 2 rings (SSSR count). The Balaban J connectivity index is 2.32. The molecule has 0 saturated heterocycles. The molecular weight excluding hydrogens is 298 g/mol. The Bertz CT molecular complexity index is 742. The van der Waals surface area contributed by atoms with Gasteiger partial charge in [-0.15, -0.1) is 0 Å². The molecule has 0 aromatic heterocycles. The molecule has 4 nitrogen and oxygen atoms in total. The first-order valence-corrected chi connectivity index (χ1v) is 8.10. The summed E-state index contributed by atoms with van der Waals surface area (Å²) in [6, 6.07) is 13.3. The minimum atomic E-state index is -3.87. The number of carbonyl (C=O) groups is 1. The van der Waals surface area contributed by atoms with Gasteiger partial charge in [-0.05, 0) is 36.8 Å². The molecule has 0 aliphatic carbocycles. The molecule has 0 fully saturated rings. The number of hydrogen-bond donors (Lipinski definition) is 1. The number of rotatable bonds is 3. The van der Waals surface area contributed by atoms with Gasteiger partial charge in [-0.3, -0.25) is 4.79 Å². The summed E-state index contributed by atoms with van der Waals surface area (Å²) in [5, 5.41) is 2.68. The molecule has 0 saturated carbocycles. The van der Waals surface area contributed by atoms with Crippen molar-refractivity contribution in [2.45, 2.75) is 11.8 Å². The molecule has 104 valence electrons. The van der Waals surface area contributed by atoms with Gasteiger partial charge >= 0.3 is 0 Å². The highest BCUT2D eigenvalue weighted by Gasteiger charge is 2.16. The summed E-state index contributed by atoms with van der Waals surface area (Å²) >= 11 is 0. The average molecular weight is 310 g/mol. The number of halogens is 1. The average Bonchev–Trinajstić information content (AvgIpc) is 2.39. The van der Waals surface area contributed by atoms with Crippen LogP contribution in [0.1, 0.15) is 15.9 Å². The van der Waals surface area contributed by atoms with E-state index in [2.05, 4.69) is 5.32 Å². The Labute approximate surface area is 121 Å². The van der Waals surface area contributed by atoms with Crippen molar-refractivity contribution in [3.8, 4) is 0 Å². The molecule has 2 aromatic rings. The summed E-state index contributed by atoms with van der Waals surface area (Å²) in [6.45, 7) is 1.62. The third-order valence-corrected chi connectivity index (χ3v) is 4.21. The summed E-state index contributed by atoms with van der Waals surface area (Å²) in [5.74, 6) is -0.391. The zero-order chi connectivity index (χ0) is 14.8. The second kappa shape index (κ2) is 5.64. The minimum Gasteiger partial charge on any atom is -0.322 e. The molecule has 1 N–H and O–H groups in total. The van der Waals surface area contributed by atoms with E-state index < -0.39 is 15.0 Å². The highest BCUT2D eigenvalue weighted by molar-refractivity contribution is 8.13. The number of amides is 1. The molecular formula is C14H12ClNO3S. The minimum absolute atomic E-state index is 0.0557. The number of benzene rings is 2. The van der Waals surface area contributed by atoms with Crippen LogP contribution in [0.25, 0.3) is 0 Å². The first kappa shape index (κ1) is 14.6. The van der Waals surface area contributed by atoms with E-state index in [0.29, 0.717) is 11.3 Å². The smallest absolute Gasteiger partial charge is 0.261 e. The van der Waals surface area contributed by atoms with Gasteiger partial charge in [0, 0.05) is 21.9 Å². The molecule has 0 heterocycles. The fourth-order valence-corrected chi connectivity index (χ4v) is 2.95. The van der Waals surface area contributed by atoms with Crippen molar-refractivity contribution in [1.82, 2.24) is 0 Å². The van der Waals surface area contributed by atoms with Gasteiger partial charge in [-0.1, -0.05) is 24.3 Å². The lowest BCUT2D eigenvalue weighted by Crippen LogP contribution is -2.12. The molecule has 20 heavy (non-hydrogen) atoms. The lowest BCUT2D eigenvalue weighted by Gasteiger charge is -2.07. The first-order valence-electron chi connectivity index (χ1n) is 5.79. The Hall–Kier alpha value is -1.85. The third kappa shape index (κ3) is 3.37. The third-order valence-electron chi connectivity index (χ3n) is 2.74. The van der Waals surface area contributed by atoms with E-state index in [0.717, 1.165) is 0 Å². The zero-order valence-corrected chi connectivity index (χ0v) is 12.2. The van der Waals surface area contributed by atoms with Crippen LogP contribution in [0, 0.1) is 6.92 Å². The van der Waals surface area contributed by atoms with Crippen LogP contribution in [0.3, 0.4) is 0 Å². The molecule has 1 amide bonds. The molecule has 0 unspecified atom stereocenters. The van der Waals surface area contributed by atoms with Gasteiger partial charge in [0.1, 0.15) is 0 Å². The maximum atomic E-state index is 12.1. The van der Waals surface area contributed by atoms with Crippen LogP contribution >= 0.6 is 10.7 Å². The fraction of sp³-hybridized carbons (Fsp3) is 0.0714. The van der Waals surface area contributed by atoms with E-state index in [1.54, 1.807) is 43.3 Å². The van der Waals surface area contributed by atoms with Gasteiger partial charge in [0.2, 0.25) is 0 Å². The number of aryl methyl sites for hydroxylation is 1. The van der Waals surface area contributed by atoms with E-state index in [-0.39, 0.29) is 10.5 Å². The summed E-state index contributed by atoms with van der Waals surface area (Å²) in [4.78, 5) is 12.0. The summed E-state index contributed by atoms with van der Waals surface area (Å²) in [6.07, 6.45) is 0. The predicted molar refractivity (Wildman–Crippen MR) is 78.6 cm³/mol. The molecule has 0 radical (unpaired) electrons. The van der Waals surface area contributed by atoms with E-state index >= 15 is 0 Å². The molecule has 0 aliphatic rings. The van der Waals surface area contributed by atoms with Crippen molar-refractivity contribution in [3.05, 3.63) is 59.7 Å². The van der Waals surface area contributed by atoms with Crippen molar-refractivity contribution in [3.63, 3.8) is 0 Å². The fourth-order valence-electron chi connectivity index (χ4n) is 1.73. The normalized spacial score (nSPS) is 11.1. The van der Waals surface area contributed by atoms with Crippen LogP contribution < -0.4 is 5.32 Å². The number of para-hydroxylation sites is 1. The van der Waals surface area contributed by atoms with Crippen LogP contribution in [-0.4, -0.2) is 14.3 Å². The van der Waals surface area contributed by atoms with Gasteiger partial charge < -0.3 is 5.32 Å². The van der Waals surface area contributed by atoms with Crippen molar-refractivity contribution < 1.29 is 13.2 Å². The summed E-state index contributed by atoms with van der Waals surface area (Å²) in [7, 11) is 1.47. The topological polar surface area (TPSA) is 63.2 Å². The van der Waals surface area contributed by atoms with Gasteiger partial charge in [0.05, 0.1) is 4.90 Å². The quantitative estimate of drug-likeness (QED) is 0.886. The zero-order valence-electron chi connectivity index (χ0n) is 10.6. The second-order valence-corrected chi connectivity index (χ2v) is 6.77. The van der Waals surface area contributed by atoms with E-state index in [9.17, 15) is 13.2 Å². The van der Waals surface area contributed by atoms with Gasteiger partial charge in [-0.2, -0.15) is 0 Å². The van der Waals surface area contributed by atoms with Crippen molar-refractivity contribution >= 4 is 31.3 Å². The van der Waals surface area contributed by atoms with Crippen LogP contribution in [0.5, 0.6) is 0 Å². The number of nitrogens with one attached hydrogen (secondary N) is 1. The molecule has 0 bridgehead atoms. The molecule has 0 atom stereocenters. The van der Waals surface area contributed by atoms with Gasteiger partial charge in [0.25, 0.3) is 15.0 Å². The van der Waals surface area contributed by atoms with Crippen LogP contribution in [-0.2, 0) is 9.05 Å². The van der Waals surface area contributed by atoms with Crippen molar-refractivity contribution in [2.24, 2.45) is 0 Å². The van der Waals surface area contributed by atoms with E-state index in [4.69, 9.17) is 10.7 Å². The van der Waals surface area contributed by atoms with Gasteiger partial charge in [-0.25, -0.2) is 8.42 Å². The number of hydrogen-bond acceptors (Lipinski definition) is 3. The largest absolute Gasteiger partial charge is 0.322 e. The van der Waals surface area contributed by atoms with E-state index in [1.165, 1.54) is 6.07 Å². The Morgan fingerprint density at radius 2 is 1.75 bits per heavy atom. The van der Waals surface area contributed by atoms with Crippen LogP contribution in [0.15, 0.2) is 53.4 Å². The molecule has 6 heteroatoms. The maximum Gasteiger partial charge on any atom is 0.261 e. The second-order valence-electron chi connectivity index (χ2n) is 4.24. The molecule has 2 aromatic carbocycles. The van der Waals surface area contributed by atoms with Crippen molar-refractivity contribution in [1.29, 1.82) is 0 Å². The lowest BCUT2D eigenvalue weighted by atomic mass is 10.1. The summed E-state index contributed by atoms with van der Waals surface area (Å²) in [5.41, 5.74) is 1.36. The SMILES string of the molecule is Cc1ccc(C(=O)Nc2ccccc2)cc1S(=O)(=O)Cl. The number of anilines is 1. The molecule has 0 spiro atoms. The van der Waals surface area contributed by atoms with Crippen LogP contribution in [0.4, 0.5) is 5.69 Å². The standard InChI is InChI=1S/C14H12ClNO3S/c1-10-7-8-11(9-13(10)20(15,18)19)14(17)16-12-5-3-2-4-6-12/h2-9H,1H3,(H,16,17). The highest BCUT2D eigenvalue weighted by Crippen LogP contribution is 2.21. The lowest BCUT2D eigenvalue weighted by molar-refractivity contribution is 0.102. The Kier molecular flexibility index (Phi) is 4.11. The first-order chi connectivity index (χ1) is 9.38. The summed E-state index contributed by atoms with van der Waals surface area (Å²) < 4.78 is 22.8. The number of carbonyl (C=O) groups excluding carboxylic acids is 1. The van der Waals surface area contributed by atoms with Crippen molar-refractivity contribution in [2.75, 3.05) is 5.32 Å². The van der Waals surface area contributed by atoms with E-state index in [1.807, 2.05) is 6.07 Å². The monoisotopic (exact) mass is 309 g/mol. The molecule has 0 aliphatic heterocycles. The highest BCUT2D eigenvalue weighted by atomic mass is 35.7.